The molecule has 2 aromatic heterocycles. The Morgan fingerprint density at radius 3 is 2.34 bits per heavy atom. The zero-order valence-corrected chi connectivity index (χ0v) is 23.9. The van der Waals surface area contributed by atoms with Gasteiger partial charge in [-0.2, -0.15) is 5.10 Å². The molecule has 2 atom stereocenters. The number of rotatable bonds is 9. The number of aliphatic carboxylic acids is 1. The SMILES string of the molecule is CC(C)c1nc2c(c(-c3ccccc3)nn2C)c(-c2ccc(F)cc2)c1/C=C/C(O)CC(O)CC(=O)[O-].[Na+]. The Bertz CT molecular complexity index is 1440. The van der Waals surface area contributed by atoms with E-state index in [2.05, 4.69) is 0 Å². The van der Waals surface area contributed by atoms with Crippen LogP contribution >= 0.6 is 0 Å². The molecular weight excluding hydrogens is 496 g/mol. The molecule has 4 aromatic rings. The predicted molar refractivity (Wildman–Crippen MR) is 139 cm³/mol. The minimum absolute atomic E-state index is 0. The first-order valence-corrected chi connectivity index (χ1v) is 12.1. The van der Waals surface area contributed by atoms with Gasteiger partial charge in [-0.05, 0) is 23.6 Å². The van der Waals surface area contributed by atoms with Gasteiger partial charge in [-0.3, -0.25) is 0 Å². The van der Waals surface area contributed by atoms with Crippen LogP contribution in [0.5, 0.6) is 0 Å². The number of hydrogen-bond donors (Lipinski definition) is 2. The van der Waals surface area contributed by atoms with Crippen LogP contribution in [0.4, 0.5) is 4.39 Å². The molecule has 4 rings (SSSR count). The molecule has 2 aromatic carbocycles. The number of fused-ring (bicyclic) bond motifs is 1. The first-order valence-electron chi connectivity index (χ1n) is 12.1. The fraction of sp³-hybridized carbons (Fsp3) is 0.276. The number of pyridine rings is 1. The van der Waals surface area contributed by atoms with Gasteiger partial charge in [0.25, 0.3) is 0 Å². The van der Waals surface area contributed by atoms with Crippen molar-refractivity contribution >= 4 is 23.1 Å². The molecule has 0 aliphatic heterocycles. The molecule has 2 N–H and O–H groups in total. The van der Waals surface area contributed by atoms with Crippen molar-refractivity contribution in [2.24, 2.45) is 7.05 Å². The van der Waals surface area contributed by atoms with Gasteiger partial charge in [0, 0.05) is 42.5 Å². The average molecular weight is 526 g/mol. The maximum absolute atomic E-state index is 13.9. The minimum atomic E-state index is -1.39. The molecule has 0 saturated heterocycles. The van der Waals surface area contributed by atoms with Gasteiger partial charge in [-0.1, -0.05) is 68.5 Å². The smallest absolute Gasteiger partial charge is 0.550 e. The van der Waals surface area contributed by atoms with Crippen molar-refractivity contribution in [2.45, 2.75) is 44.8 Å². The number of carboxylic acids is 1. The van der Waals surface area contributed by atoms with Gasteiger partial charge in [0.15, 0.2) is 5.65 Å². The summed E-state index contributed by atoms with van der Waals surface area (Å²) in [5.74, 6) is -1.75. The van der Waals surface area contributed by atoms with E-state index >= 15 is 0 Å². The van der Waals surface area contributed by atoms with Crippen molar-refractivity contribution in [3.05, 3.63) is 77.7 Å². The van der Waals surface area contributed by atoms with Crippen molar-refractivity contribution in [1.82, 2.24) is 14.8 Å². The van der Waals surface area contributed by atoms with Crippen molar-refractivity contribution < 1.29 is 54.1 Å². The molecule has 2 heterocycles. The zero-order valence-electron chi connectivity index (χ0n) is 21.9. The van der Waals surface area contributed by atoms with Crippen LogP contribution in [-0.2, 0) is 11.8 Å². The second-order valence-electron chi connectivity index (χ2n) is 9.38. The molecule has 9 heteroatoms. The first kappa shape index (κ1) is 29.7. The number of aliphatic hydroxyl groups is 2. The summed E-state index contributed by atoms with van der Waals surface area (Å²) in [6.07, 6.45) is 0.179. The monoisotopic (exact) mass is 525 g/mol. The summed E-state index contributed by atoms with van der Waals surface area (Å²) in [6.45, 7) is 4.02. The van der Waals surface area contributed by atoms with E-state index in [4.69, 9.17) is 10.1 Å². The summed E-state index contributed by atoms with van der Waals surface area (Å²) >= 11 is 0. The van der Waals surface area contributed by atoms with Crippen LogP contribution in [-0.4, -0.2) is 43.2 Å². The van der Waals surface area contributed by atoms with Crippen LogP contribution in [0.3, 0.4) is 0 Å². The Labute approximate surface area is 243 Å². The number of benzene rings is 2. The van der Waals surface area contributed by atoms with Gasteiger partial charge < -0.3 is 20.1 Å². The maximum atomic E-state index is 13.9. The van der Waals surface area contributed by atoms with E-state index in [1.807, 2.05) is 51.2 Å². The molecule has 38 heavy (non-hydrogen) atoms. The Morgan fingerprint density at radius 1 is 1.08 bits per heavy atom. The number of aromatic nitrogens is 3. The Hall–Kier alpha value is -2.88. The van der Waals surface area contributed by atoms with Crippen LogP contribution in [0, 0.1) is 5.82 Å². The number of nitrogens with zero attached hydrogens (tertiary/aromatic N) is 3. The van der Waals surface area contributed by atoms with Gasteiger partial charge >= 0.3 is 29.6 Å². The fourth-order valence-corrected chi connectivity index (χ4v) is 4.47. The molecule has 0 aliphatic carbocycles. The molecule has 0 aliphatic rings. The number of halogens is 1. The van der Waals surface area contributed by atoms with E-state index < -0.39 is 24.6 Å². The molecular formula is C29H29FN3NaO4. The van der Waals surface area contributed by atoms with Crippen molar-refractivity contribution in [2.75, 3.05) is 0 Å². The molecule has 0 fully saturated rings. The second-order valence-corrected chi connectivity index (χ2v) is 9.38. The summed E-state index contributed by atoms with van der Waals surface area (Å²) in [4.78, 5) is 15.7. The average Bonchev–Trinajstić information content (AvgIpc) is 3.18. The minimum Gasteiger partial charge on any atom is -0.550 e. The quantitative estimate of drug-likeness (QED) is 0.313. The molecule has 192 valence electrons. The van der Waals surface area contributed by atoms with Crippen molar-refractivity contribution in [3.63, 3.8) is 0 Å². The molecule has 0 saturated carbocycles. The number of hydrogen-bond acceptors (Lipinski definition) is 6. The van der Waals surface area contributed by atoms with E-state index in [0.29, 0.717) is 5.65 Å². The number of carboxylic acid groups (broad SMARTS) is 1. The summed E-state index contributed by atoms with van der Waals surface area (Å²) in [7, 11) is 1.83. The Kier molecular flexibility index (Phi) is 9.98. The maximum Gasteiger partial charge on any atom is 1.00 e. The molecule has 0 amide bonds. The zero-order chi connectivity index (χ0) is 26.7. The largest absolute Gasteiger partial charge is 1.00 e. The molecule has 0 radical (unpaired) electrons. The fourth-order valence-electron chi connectivity index (χ4n) is 4.47. The molecule has 0 spiro atoms. The van der Waals surface area contributed by atoms with E-state index in [1.54, 1.807) is 22.9 Å². The molecule has 0 bridgehead atoms. The third-order valence-electron chi connectivity index (χ3n) is 6.17. The van der Waals surface area contributed by atoms with Crippen LogP contribution in [0.15, 0.2) is 60.7 Å². The number of carbonyl (C=O) groups excluding carboxylic acids is 1. The predicted octanol–water partition coefficient (Wildman–Crippen LogP) is 0.834. The number of aliphatic hydroxyl groups excluding tert-OH is 2. The van der Waals surface area contributed by atoms with Crippen LogP contribution in [0.1, 0.15) is 43.9 Å². The number of carbonyl (C=O) groups is 1. The summed E-state index contributed by atoms with van der Waals surface area (Å²) in [5, 5.41) is 36.8. The van der Waals surface area contributed by atoms with E-state index in [1.165, 1.54) is 18.2 Å². The van der Waals surface area contributed by atoms with E-state index in [9.17, 15) is 24.5 Å². The van der Waals surface area contributed by atoms with Crippen molar-refractivity contribution in [3.8, 4) is 22.4 Å². The molecule has 7 nitrogen and oxygen atoms in total. The Morgan fingerprint density at radius 2 is 1.74 bits per heavy atom. The van der Waals surface area contributed by atoms with E-state index in [-0.39, 0.29) is 47.7 Å². The summed E-state index contributed by atoms with van der Waals surface area (Å²) in [5.41, 5.74) is 5.33. The standard InChI is InChI=1S/C29H30FN3O4.Na/c1-17(2)27-23(14-13-21(34)15-22(35)16-24(36)37)25(18-9-11-20(30)12-10-18)26-28(19-7-5-4-6-8-19)32-33(3)29(26)31-27;/h4-14,17,21-22,34-35H,15-16H2,1-3H3,(H,36,37);/q;+1/p-1/b14-13+;. The van der Waals surface area contributed by atoms with Crippen molar-refractivity contribution in [1.29, 1.82) is 0 Å². The van der Waals surface area contributed by atoms with Crippen LogP contribution < -0.4 is 34.7 Å². The topological polar surface area (TPSA) is 111 Å². The summed E-state index contributed by atoms with van der Waals surface area (Å²) < 4.78 is 15.6. The molecule has 2 unspecified atom stereocenters. The summed E-state index contributed by atoms with van der Waals surface area (Å²) in [6, 6.07) is 15.9. The Balaban J connectivity index is 0.00000400. The van der Waals surface area contributed by atoms with Gasteiger partial charge in [0.2, 0.25) is 0 Å². The third-order valence-corrected chi connectivity index (χ3v) is 6.17. The van der Waals surface area contributed by atoms with Crippen LogP contribution in [0.25, 0.3) is 39.5 Å². The first-order chi connectivity index (χ1) is 17.7. The third kappa shape index (κ3) is 6.57. The van der Waals surface area contributed by atoms with E-state index in [0.717, 1.165) is 39.0 Å². The van der Waals surface area contributed by atoms with Gasteiger partial charge in [0.1, 0.15) is 11.5 Å². The normalized spacial score (nSPS) is 13.1. The van der Waals surface area contributed by atoms with Gasteiger partial charge in [-0.25, -0.2) is 14.1 Å². The van der Waals surface area contributed by atoms with Gasteiger partial charge in [0.05, 0.1) is 23.3 Å². The van der Waals surface area contributed by atoms with Gasteiger partial charge in [-0.15, -0.1) is 0 Å². The second kappa shape index (κ2) is 12.8. The van der Waals surface area contributed by atoms with Crippen LogP contribution in [0.2, 0.25) is 0 Å². The number of aryl methyl sites for hydroxylation is 1.